The van der Waals surface area contributed by atoms with Gasteiger partial charge in [-0.3, -0.25) is 0 Å². The van der Waals surface area contributed by atoms with E-state index in [0.29, 0.717) is 11.5 Å². The maximum atomic E-state index is 6.02. The first-order chi connectivity index (χ1) is 9.29. The zero-order valence-electron chi connectivity index (χ0n) is 14.6. The fourth-order valence-corrected chi connectivity index (χ4v) is 2.83. The van der Waals surface area contributed by atoms with Crippen LogP contribution in [0.5, 0.6) is 0 Å². The van der Waals surface area contributed by atoms with Crippen molar-refractivity contribution in [2.45, 2.75) is 97.6 Å². The van der Waals surface area contributed by atoms with Crippen molar-refractivity contribution in [2.75, 3.05) is 13.2 Å². The minimum atomic E-state index is 0.262. The maximum absolute atomic E-state index is 6.02. The van der Waals surface area contributed by atoms with Gasteiger partial charge in [-0.2, -0.15) is 0 Å². The van der Waals surface area contributed by atoms with Crippen molar-refractivity contribution in [3.05, 3.63) is 0 Å². The van der Waals surface area contributed by atoms with E-state index in [2.05, 4.69) is 39.9 Å². The van der Waals surface area contributed by atoms with E-state index < -0.39 is 0 Å². The highest BCUT2D eigenvalue weighted by Crippen LogP contribution is 2.36. The van der Waals surface area contributed by atoms with Crippen LogP contribution >= 0.6 is 0 Å². The van der Waals surface area contributed by atoms with Crippen LogP contribution in [0.25, 0.3) is 0 Å². The third-order valence-electron chi connectivity index (χ3n) is 4.37. The maximum Gasteiger partial charge on any atom is 0.0575 e. The molecule has 0 unspecified atom stereocenters. The molecular weight excluding hydrogens is 246 g/mol. The highest BCUT2D eigenvalue weighted by molar-refractivity contribution is 4.78. The van der Waals surface area contributed by atoms with E-state index in [-0.39, 0.29) is 5.54 Å². The summed E-state index contributed by atoms with van der Waals surface area (Å²) >= 11 is 0. The monoisotopic (exact) mass is 283 g/mol. The average Bonchev–Trinajstić information content (AvgIpc) is 2.33. The quantitative estimate of drug-likeness (QED) is 0.638. The predicted octanol–water partition coefficient (Wildman–Crippen LogP) is 4.92. The third kappa shape index (κ3) is 8.97. The van der Waals surface area contributed by atoms with Gasteiger partial charge in [-0.1, -0.05) is 26.7 Å². The molecule has 2 heteroatoms. The lowest BCUT2D eigenvalue weighted by Crippen LogP contribution is -2.36. The Labute approximate surface area is 127 Å². The Hall–Kier alpha value is -0.0800. The first kappa shape index (κ1) is 18.0. The second-order valence-electron chi connectivity index (χ2n) is 8.33. The van der Waals surface area contributed by atoms with Crippen LogP contribution in [0.3, 0.4) is 0 Å². The van der Waals surface area contributed by atoms with Crippen molar-refractivity contribution in [3.8, 4) is 0 Å². The summed E-state index contributed by atoms with van der Waals surface area (Å²) < 4.78 is 6.02. The summed E-state index contributed by atoms with van der Waals surface area (Å²) in [6, 6.07) is 0. The van der Waals surface area contributed by atoms with Crippen LogP contribution in [0.1, 0.15) is 86.0 Å². The fourth-order valence-electron chi connectivity index (χ4n) is 2.83. The minimum Gasteiger partial charge on any atom is -0.378 e. The van der Waals surface area contributed by atoms with Gasteiger partial charge in [0.2, 0.25) is 0 Å². The zero-order chi connectivity index (χ0) is 15.1. The Bertz CT molecular complexity index is 245. The van der Waals surface area contributed by atoms with Crippen LogP contribution in [0.15, 0.2) is 0 Å². The first-order valence-electron chi connectivity index (χ1n) is 8.65. The van der Waals surface area contributed by atoms with Gasteiger partial charge in [0.25, 0.3) is 0 Å². The Morgan fingerprint density at radius 2 is 1.60 bits per heavy atom. The van der Waals surface area contributed by atoms with Gasteiger partial charge in [0, 0.05) is 12.1 Å². The molecule has 0 atom stereocenters. The van der Waals surface area contributed by atoms with Gasteiger partial charge in [0.1, 0.15) is 0 Å². The molecule has 0 bridgehead atoms. The molecule has 20 heavy (non-hydrogen) atoms. The van der Waals surface area contributed by atoms with Crippen LogP contribution < -0.4 is 5.32 Å². The van der Waals surface area contributed by atoms with Crippen LogP contribution in [0, 0.1) is 5.41 Å². The van der Waals surface area contributed by atoms with Crippen LogP contribution in [-0.4, -0.2) is 24.8 Å². The van der Waals surface area contributed by atoms with E-state index in [1.807, 2.05) is 0 Å². The number of ether oxygens (including phenoxy) is 1. The standard InChI is InChI=1S/C18H37NO/c1-17(2,3)19-14-8-6-7-9-15-20-16-10-12-18(4,5)13-11-16/h16,19H,6-15H2,1-5H3. The normalized spacial score (nSPS) is 20.2. The summed E-state index contributed by atoms with van der Waals surface area (Å²) in [7, 11) is 0. The number of hydrogen-bond donors (Lipinski definition) is 1. The molecule has 1 fully saturated rings. The molecule has 0 amide bonds. The summed E-state index contributed by atoms with van der Waals surface area (Å²) in [5.74, 6) is 0. The average molecular weight is 284 g/mol. The van der Waals surface area contributed by atoms with Crippen molar-refractivity contribution in [3.63, 3.8) is 0 Å². The lowest BCUT2D eigenvalue weighted by Gasteiger charge is -2.34. The SMILES string of the molecule is CC1(C)CCC(OCCCCCCNC(C)(C)C)CC1. The molecule has 0 aliphatic heterocycles. The van der Waals surface area contributed by atoms with Crippen molar-refractivity contribution in [2.24, 2.45) is 5.41 Å². The zero-order valence-corrected chi connectivity index (χ0v) is 14.6. The van der Waals surface area contributed by atoms with Gasteiger partial charge in [-0.25, -0.2) is 0 Å². The van der Waals surface area contributed by atoms with Crippen LogP contribution in [0.2, 0.25) is 0 Å². The fraction of sp³-hybridized carbons (Fsp3) is 1.00. The third-order valence-corrected chi connectivity index (χ3v) is 4.37. The first-order valence-corrected chi connectivity index (χ1v) is 8.65. The van der Waals surface area contributed by atoms with Crippen molar-refractivity contribution in [1.29, 1.82) is 0 Å². The topological polar surface area (TPSA) is 21.3 Å². The van der Waals surface area contributed by atoms with Crippen molar-refractivity contribution in [1.82, 2.24) is 5.32 Å². The molecule has 2 nitrogen and oxygen atoms in total. The van der Waals surface area contributed by atoms with Gasteiger partial charge in [0.15, 0.2) is 0 Å². The summed E-state index contributed by atoms with van der Waals surface area (Å²) in [5, 5.41) is 3.54. The summed E-state index contributed by atoms with van der Waals surface area (Å²) in [5.41, 5.74) is 0.817. The lowest BCUT2D eigenvalue weighted by molar-refractivity contribution is 0.00273. The molecule has 0 saturated heterocycles. The molecule has 0 aromatic rings. The number of rotatable bonds is 8. The van der Waals surface area contributed by atoms with Crippen molar-refractivity contribution < 1.29 is 4.74 Å². The summed E-state index contributed by atoms with van der Waals surface area (Å²) in [6.07, 6.45) is 10.9. The van der Waals surface area contributed by atoms with Gasteiger partial charge in [-0.05, 0) is 71.3 Å². The van der Waals surface area contributed by atoms with E-state index in [1.54, 1.807) is 0 Å². The summed E-state index contributed by atoms with van der Waals surface area (Å²) in [4.78, 5) is 0. The van der Waals surface area contributed by atoms with E-state index >= 15 is 0 Å². The van der Waals surface area contributed by atoms with Crippen molar-refractivity contribution >= 4 is 0 Å². The Balaban J connectivity index is 1.88. The highest BCUT2D eigenvalue weighted by Gasteiger charge is 2.26. The van der Waals surface area contributed by atoms with E-state index in [0.717, 1.165) is 13.2 Å². The van der Waals surface area contributed by atoms with Crippen LogP contribution in [0.4, 0.5) is 0 Å². The molecular formula is C18H37NO. The Morgan fingerprint density at radius 1 is 1.00 bits per heavy atom. The predicted molar refractivity (Wildman–Crippen MR) is 88.2 cm³/mol. The van der Waals surface area contributed by atoms with Gasteiger partial charge in [-0.15, -0.1) is 0 Å². The van der Waals surface area contributed by atoms with Crippen LogP contribution in [-0.2, 0) is 4.74 Å². The molecule has 1 aliphatic carbocycles. The Morgan fingerprint density at radius 3 is 2.20 bits per heavy atom. The van der Waals surface area contributed by atoms with E-state index in [4.69, 9.17) is 4.74 Å². The molecule has 0 spiro atoms. The van der Waals surface area contributed by atoms with Gasteiger partial charge < -0.3 is 10.1 Å². The molecule has 120 valence electrons. The van der Waals surface area contributed by atoms with Gasteiger partial charge in [0.05, 0.1) is 6.10 Å². The molecule has 0 heterocycles. The Kier molecular flexibility index (Phi) is 7.53. The van der Waals surface area contributed by atoms with E-state index in [1.165, 1.54) is 51.4 Å². The lowest BCUT2D eigenvalue weighted by atomic mass is 9.76. The van der Waals surface area contributed by atoms with E-state index in [9.17, 15) is 0 Å². The minimum absolute atomic E-state index is 0.262. The molecule has 1 rings (SSSR count). The summed E-state index contributed by atoms with van der Waals surface area (Å²) in [6.45, 7) is 13.6. The number of hydrogen-bond acceptors (Lipinski definition) is 2. The molecule has 1 N–H and O–H groups in total. The smallest absolute Gasteiger partial charge is 0.0575 e. The molecule has 0 aromatic heterocycles. The molecule has 0 aromatic carbocycles. The second-order valence-corrected chi connectivity index (χ2v) is 8.33. The second kappa shape index (κ2) is 8.38. The largest absolute Gasteiger partial charge is 0.378 e. The van der Waals surface area contributed by atoms with Gasteiger partial charge >= 0.3 is 0 Å². The highest BCUT2D eigenvalue weighted by atomic mass is 16.5. The molecule has 1 saturated carbocycles. The number of unbranched alkanes of at least 4 members (excludes halogenated alkanes) is 3. The molecule has 1 aliphatic rings. The molecule has 0 radical (unpaired) electrons. The number of nitrogens with one attached hydrogen (secondary N) is 1.